The van der Waals surface area contributed by atoms with E-state index < -0.39 is 11.1 Å². The van der Waals surface area contributed by atoms with Crippen LogP contribution in [0.3, 0.4) is 0 Å². The molecular weight excluding hydrogens is 558 g/mol. The average Bonchev–Trinajstić information content (AvgIpc) is 3.14. The molecule has 2 aliphatic heterocycles. The number of ether oxygens (including phenoxy) is 1. The van der Waals surface area contributed by atoms with Crippen LogP contribution >= 0.6 is 27.7 Å². The largest absolute Gasteiger partial charge is 0.484 e. The number of anilines is 1. The molecule has 2 fully saturated rings. The van der Waals surface area contributed by atoms with Gasteiger partial charge in [0, 0.05) is 17.6 Å². The number of hydrogen-bond donors (Lipinski definition) is 1. The lowest BCUT2D eigenvalue weighted by Gasteiger charge is -2.27. The highest BCUT2D eigenvalue weighted by atomic mass is 79.9. The number of nitrogens with zero attached hydrogens (tertiary/aromatic N) is 2. The first-order chi connectivity index (χ1) is 17.7. The van der Waals surface area contributed by atoms with Crippen LogP contribution in [0.2, 0.25) is 0 Å². The molecule has 0 spiro atoms. The molecule has 1 N–H and O–H groups in total. The van der Waals surface area contributed by atoms with Crippen molar-refractivity contribution in [3.8, 4) is 5.75 Å². The van der Waals surface area contributed by atoms with E-state index in [2.05, 4.69) is 21.2 Å². The number of likely N-dealkylation sites (tertiary alicyclic amines) is 1. The van der Waals surface area contributed by atoms with E-state index in [9.17, 15) is 19.2 Å². The van der Waals surface area contributed by atoms with Crippen LogP contribution in [-0.2, 0) is 14.4 Å². The topological polar surface area (TPSA) is 96.0 Å². The number of halogens is 1. The third kappa shape index (κ3) is 6.81. The molecule has 0 bridgehead atoms. The van der Waals surface area contributed by atoms with Gasteiger partial charge in [-0.3, -0.25) is 24.1 Å². The zero-order chi connectivity index (χ0) is 26.5. The predicted molar refractivity (Wildman–Crippen MR) is 147 cm³/mol. The number of carbonyl (C=O) groups is 4. The highest BCUT2D eigenvalue weighted by Gasteiger charge is 2.37. The van der Waals surface area contributed by atoms with Crippen molar-refractivity contribution in [1.82, 2.24) is 9.80 Å². The van der Waals surface area contributed by atoms with Crippen molar-refractivity contribution >= 4 is 62.4 Å². The molecule has 37 heavy (non-hydrogen) atoms. The van der Waals surface area contributed by atoms with Crippen molar-refractivity contribution in [3.05, 3.63) is 62.5 Å². The first-order valence-electron chi connectivity index (χ1n) is 12.0. The van der Waals surface area contributed by atoms with Gasteiger partial charge >= 0.3 is 0 Å². The van der Waals surface area contributed by atoms with Crippen molar-refractivity contribution in [3.63, 3.8) is 0 Å². The summed E-state index contributed by atoms with van der Waals surface area (Å²) < 4.78 is 6.39. The summed E-state index contributed by atoms with van der Waals surface area (Å²) >= 11 is 4.29. The van der Waals surface area contributed by atoms with Crippen LogP contribution < -0.4 is 10.1 Å². The normalized spacial score (nSPS) is 16.9. The molecule has 4 rings (SSSR count). The van der Waals surface area contributed by atoms with Crippen molar-refractivity contribution in [2.75, 3.05) is 31.6 Å². The minimum atomic E-state index is -0.463. The summed E-state index contributed by atoms with van der Waals surface area (Å²) in [6.07, 6.45) is 4.60. The number of imide groups is 1. The quantitative estimate of drug-likeness (QED) is 0.452. The summed E-state index contributed by atoms with van der Waals surface area (Å²) in [6, 6.07) is 10.7. The van der Waals surface area contributed by atoms with Gasteiger partial charge in [0.25, 0.3) is 17.1 Å². The lowest BCUT2D eigenvalue weighted by molar-refractivity contribution is -0.136. The van der Waals surface area contributed by atoms with E-state index in [1.165, 1.54) is 0 Å². The maximum atomic E-state index is 12.8. The van der Waals surface area contributed by atoms with E-state index in [1.54, 1.807) is 35.2 Å². The number of carbonyl (C=O) groups excluding carboxylic acids is 4. The van der Waals surface area contributed by atoms with Gasteiger partial charge in [-0.05, 0) is 108 Å². The van der Waals surface area contributed by atoms with Crippen molar-refractivity contribution < 1.29 is 23.9 Å². The number of aryl methyl sites for hydroxylation is 2. The molecule has 8 nitrogen and oxygen atoms in total. The number of piperidine rings is 1. The van der Waals surface area contributed by atoms with E-state index in [4.69, 9.17) is 4.74 Å². The average molecular weight is 587 g/mol. The Kier molecular flexibility index (Phi) is 8.71. The van der Waals surface area contributed by atoms with Crippen LogP contribution in [0.15, 0.2) is 45.8 Å². The van der Waals surface area contributed by atoms with Gasteiger partial charge in [-0.15, -0.1) is 0 Å². The molecule has 0 radical (unpaired) electrons. The number of hydrogen-bond acceptors (Lipinski definition) is 6. The third-order valence-electron chi connectivity index (χ3n) is 6.28. The number of benzene rings is 2. The van der Waals surface area contributed by atoms with Gasteiger partial charge in [0.2, 0.25) is 5.91 Å². The maximum absolute atomic E-state index is 12.8. The predicted octanol–water partition coefficient (Wildman–Crippen LogP) is 5.13. The second kappa shape index (κ2) is 12.0. The van der Waals surface area contributed by atoms with Gasteiger partial charge in [0.1, 0.15) is 12.3 Å². The van der Waals surface area contributed by atoms with Crippen LogP contribution in [-0.4, -0.2) is 59.0 Å². The number of amides is 4. The molecule has 2 aromatic rings. The van der Waals surface area contributed by atoms with Crippen molar-refractivity contribution in [2.45, 2.75) is 33.1 Å². The van der Waals surface area contributed by atoms with Gasteiger partial charge in [-0.1, -0.05) is 12.1 Å². The highest BCUT2D eigenvalue weighted by Crippen LogP contribution is 2.32. The summed E-state index contributed by atoms with van der Waals surface area (Å²) in [5.74, 6) is -0.457. The van der Waals surface area contributed by atoms with Crippen LogP contribution in [0.1, 0.15) is 36.0 Å². The molecular formula is C27H28BrN3O5S. The van der Waals surface area contributed by atoms with E-state index in [0.717, 1.165) is 51.5 Å². The fourth-order valence-corrected chi connectivity index (χ4v) is 5.43. The SMILES string of the molecule is Cc1cc(Br)c(NC(=O)COc2ccc(/C=C3/SC(=O)N(CC(=O)N4CCCCC4)C3=O)cc2)cc1C. The Morgan fingerprint density at radius 2 is 1.73 bits per heavy atom. The Labute approximate surface area is 228 Å². The second-order valence-electron chi connectivity index (χ2n) is 9.03. The number of rotatable bonds is 7. The summed E-state index contributed by atoms with van der Waals surface area (Å²) in [4.78, 5) is 53.0. The molecule has 2 heterocycles. The van der Waals surface area contributed by atoms with Gasteiger partial charge in [0.05, 0.1) is 10.6 Å². The van der Waals surface area contributed by atoms with Crippen molar-refractivity contribution in [2.24, 2.45) is 0 Å². The van der Waals surface area contributed by atoms with Crippen LogP contribution in [0, 0.1) is 13.8 Å². The van der Waals surface area contributed by atoms with Crippen LogP contribution in [0.25, 0.3) is 6.08 Å². The van der Waals surface area contributed by atoms with Gasteiger partial charge in [-0.25, -0.2) is 0 Å². The molecule has 0 aromatic heterocycles. The molecule has 0 atom stereocenters. The Balaban J connectivity index is 1.31. The first kappa shape index (κ1) is 26.9. The number of thioether (sulfide) groups is 1. The molecule has 10 heteroatoms. The maximum Gasteiger partial charge on any atom is 0.294 e. The highest BCUT2D eigenvalue weighted by molar-refractivity contribution is 9.10. The fraction of sp³-hybridized carbons (Fsp3) is 0.333. The van der Waals surface area contributed by atoms with Crippen molar-refractivity contribution in [1.29, 1.82) is 0 Å². The second-order valence-corrected chi connectivity index (χ2v) is 10.9. The van der Waals surface area contributed by atoms with Gasteiger partial charge < -0.3 is 15.0 Å². The third-order valence-corrected chi connectivity index (χ3v) is 7.84. The summed E-state index contributed by atoms with van der Waals surface area (Å²) in [5.41, 5.74) is 3.57. The summed E-state index contributed by atoms with van der Waals surface area (Å²) in [6.45, 7) is 4.93. The minimum Gasteiger partial charge on any atom is -0.484 e. The van der Waals surface area contributed by atoms with Gasteiger partial charge in [0.15, 0.2) is 6.61 Å². The van der Waals surface area contributed by atoms with E-state index in [0.29, 0.717) is 30.1 Å². The molecule has 0 unspecified atom stereocenters. The minimum absolute atomic E-state index is 0.164. The zero-order valence-electron chi connectivity index (χ0n) is 20.7. The van der Waals surface area contributed by atoms with E-state index in [-0.39, 0.29) is 29.9 Å². The summed E-state index contributed by atoms with van der Waals surface area (Å²) in [7, 11) is 0. The Morgan fingerprint density at radius 3 is 2.43 bits per heavy atom. The molecule has 194 valence electrons. The van der Waals surface area contributed by atoms with E-state index >= 15 is 0 Å². The van der Waals surface area contributed by atoms with Gasteiger partial charge in [-0.2, -0.15) is 0 Å². The Bertz CT molecular complexity index is 1260. The lowest BCUT2D eigenvalue weighted by atomic mass is 10.1. The molecule has 2 aliphatic rings. The molecule has 4 amide bonds. The van der Waals surface area contributed by atoms with Crippen LogP contribution in [0.4, 0.5) is 10.5 Å². The summed E-state index contributed by atoms with van der Waals surface area (Å²) in [5, 5.41) is 2.39. The zero-order valence-corrected chi connectivity index (χ0v) is 23.1. The number of nitrogens with one attached hydrogen (secondary N) is 1. The molecule has 2 aromatic carbocycles. The molecule has 0 aliphatic carbocycles. The lowest BCUT2D eigenvalue weighted by Crippen LogP contribution is -2.44. The van der Waals surface area contributed by atoms with E-state index in [1.807, 2.05) is 26.0 Å². The Hall–Kier alpha value is -3.11. The first-order valence-corrected chi connectivity index (χ1v) is 13.6. The fourth-order valence-electron chi connectivity index (χ4n) is 4.04. The molecule has 2 saturated heterocycles. The smallest absolute Gasteiger partial charge is 0.294 e. The monoisotopic (exact) mass is 585 g/mol. The van der Waals surface area contributed by atoms with Crippen LogP contribution in [0.5, 0.6) is 5.75 Å². The molecule has 0 saturated carbocycles. The Morgan fingerprint density at radius 1 is 1.05 bits per heavy atom. The standard InChI is InChI=1S/C27H28BrN3O5S/c1-17-12-21(28)22(13-18(17)2)29-24(32)16-36-20-8-6-19(7-9-20)14-23-26(34)31(27(35)37-23)15-25(33)30-10-4-3-5-11-30/h6-9,12-14H,3-5,10-11,15-16H2,1-2H3,(H,29,32)/b23-14+.